The molecule has 2 heterocycles. The first kappa shape index (κ1) is 22.2. The fraction of sp³-hybridized carbons (Fsp3) is 0.429. The van der Waals surface area contributed by atoms with Crippen LogP contribution in [-0.4, -0.2) is 75.7 Å². The van der Waals surface area contributed by atoms with Gasteiger partial charge in [-0.1, -0.05) is 0 Å². The van der Waals surface area contributed by atoms with E-state index in [1.807, 2.05) is 6.07 Å². The molecule has 8 nitrogen and oxygen atoms in total. The number of nitrogens with one attached hydrogen (secondary N) is 1. The molecule has 0 unspecified atom stereocenters. The van der Waals surface area contributed by atoms with Crippen LogP contribution in [0.3, 0.4) is 0 Å². The highest BCUT2D eigenvalue weighted by molar-refractivity contribution is 7.99. The summed E-state index contributed by atoms with van der Waals surface area (Å²) < 4.78 is 21.3. The van der Waals surface area contributed by atoms with Crippen molar-refractivity contribution in [1.82, 2.24) is 9.88 Å². The van der Waals surface area contributed by atoms with Crippen LogP contribution < -0.4 is 19.5 Å². The fourth-order valence-corrected chi connectivity index (χ4v) is 3.91. The van der Waals surface area contributed by atoms with Gasteiger partial charge in [-0.25, -0.2) is 4.98 Å². The number of methoxy groups -OCH3 is 3. The van der Waals surface area contributed by atoms with E-state index in [0.717, 1.165) is 43.6 Å². The average Bonchev–Trinajstić information content (AvgIpc) is 2.79. The Kier molecular flexibility index (Phi) is 8.18. The minimum Gasteiger partial charge on any atom is -0.493 e. The number of thioether (sulfide) groups is 1. The van der Waals surface area contributed by atoms with Crippen LogP contribution in [0, 0.1) is 0 Å². The molecule has 1 aliphatic rings. The number of ether oxygens (including phenoxy) is 4. The first-order valence-corrected chi connectivity index (χ1v) is 10.6. The van der Waals surface area contributed by atoms with E-state index in [1.54, 1.807) is 36.2 Å². The molecular formula is C21H27N3O5S. The molecule has 1 amide bonds. The SMILES string of the molecule is COc1cc(NC(=O)c2ccc(SCCN3CCOCC3)nc2)cc(OC)c1OC. The van der Waals surface area contributed by atoms with E-state index in [4.69, 9.17) is 18.9 Å². The summed E-state index contributed by atoms with van der Waals surface area (Å²) in [6.45, 7) is 4.57. The molecular weight excluding hydrogens is 406 g/mol. The van der Waals surface area contributed by atoms with Gasteiger partial charge < -0.3 is 24.3 Å². The van der Waals surface area contributed by atoms with Crippen LogP contribution >= 0.6 is 11.8 Å². The lowest BCUT2D eigenvalue weighted by atomic mass is 10.2. The van der Waals surface area contributed by atoms with Crippen LogP contribution in [0.15, 0.2) is 35.5 Å². The molecule has 1 aromatic carbocycles. The van der Waals surface area contributed by atoms with Gasteiger partial charge in [0.15, 0.2) is 11.5 Å². The zero-order valence-corrected chi connectivity index (χ0v) is 18.3. The Morgan fingerprint density at radius 2 is 1.83 bits per heavy atom. The molecule has 1 fully saturated rings. The van der Waals surface area contributed by atoms with Gasteiger partial charge in [-0.05, 0) is 12.1 Å². The van der Waals surface area contributed by atoms with Crippen LogP contribution in [0.2, 0.25) is 0 Å². The second-order valence-electron chi connectivity index (χ2n) is 6.56. The van der Waals surface area contributed by atoms with Crippen LogP contribution in [-0.2, 0) is 4.74 Å². The predicted molar refractivity (Wildman–Crippen MR) is 116 cm³/mol. The van der Waals surface area contributed by atoms with Crippen molar-refractivity contribution >= 4 is 23.4 Å². The molecule has 9 heteroatoms. The van der Waals surface area contributed by atoms with E-state index in [2.05, 4.69) is 15.2 Å². The number of nitrogens with zero attached hydrogens (tertiary/aromatic N) is 2. The summed E-state index contributed by atoms with van der Waals surface area (Å²) in [4.78, 5) is 19.4. The first-order chi connectivity index (χ1) is 14.6. The highest BCUT2D eigenvalue weighted by Gasteiger charge is 2.15. The van der Waals surface area contributed by atoms with Crippen LogP contribution in [0.4, 0.5) is 5.69 Å². The Morgan fingerprint density at radius 1 is 1.13 bits per heavy atom. The zero-order valence-electron chi connectivity index (χ0n) is 17.5. The molecule has 0 atom stereocenters. The Morgan fingerprint density at radius 3 is 2.40 bits per heavy atom. The number of hydrogen-bond donors (Lipinski definition) is 1. The molecule has 162 valence electrons. The number of carbonyl (C=O) groups excluding carboxylic acids is 1. The predicted octanol–water partition coefficient (Wildman–Crippen LogP) is 2.78. The minimum absolute atomic E-state index is 0.262. The molecule has 1 N–H and O–H groups in total. The normalized spacial score (nSPS) is 14.2. The summed E-state index contributed by atoms with van der Waals surface area (Å²) in [6, 6.07) is 7.01. The molecule has 1 aromatic heterocycles. The lowest BCUT2D eigenvalue weighted by Gasteiger charge is -2.26. The third kappa shape index (κ3) is 5.78. The van der Waals surface area contributed by atoms with Gasteiger partial charge in [0.1, 0.15) is 0 Å². The van der Waals surface area contributed by atoms with Gasteiger partial charge in [-0.3, -0.25) is 9.69 Å². The van der Waals surface area contributed by atoms with Gasteiger partial charge in [-0.2, -0.15) is 0 Å². The fourth-order valence-electron chi connectivity index (χ4n) is 3.06. The molecule has 0 spiro atoms. The van der Waals surface area contributed by atoms with Gasteiger partial charge in [0.05, 0.1) is 45.1 Å². The summed E-state index contributed by atoms with van der Waals surface area (Å²) >= 11 is 1.68. The van der Waals surface area contributed by atoms with Gasteiger partial charge in [0.2, 0.25) is 5.75 Å². The number of carbonyl (C=O) groups is 1. The van der Waals surface area contributed by atoms with E-state index in [-0.39, 0.29) is 5.91 Å². The van der Waals surface area contributed by atoms with E-state index in [9.17, 15) is 4.79 Å². The van der Waals surface area contributed by atoms with Crippen molar-refractivity contribution in [3.8, 4) is 17.2 Å². The number of hydrogen-bond acceptors (Lipinski definition) is 8. The molecule has 0 radical (unpaired) electrons. The number of amides is 1. The zero-order chi connectivity index (χ0) is 21.3. The largest absolute Gasteiger partial charge is 0.493 e. The van der Waals surface area contributed by atoms with E-state index in [1.165, 1.54) is 21.3 Å². The van der Waals surface area contributed by atoms with Gasteiger partial charge in [0, 0.05) is 49.4 Å². The van der Waals surface area contributed by atoms with Crippen LogP contribution in [0.5, 0.6) is 17.2 Å². The monoisotopic (exact) mass is 433 g/mol. The summed E-state index contributed by atoms with van der Waals surface area (Å²) in [5.41, 5.74) is 1.01. The van der Waals surface area contributed by atoms with E-state index >= 15 is 0 Å². The topological polar surface area (TPSA) is 82.2 Å². The molecule has 1 saturated heterocycles. The lowest BCUT2D eigenvalue weighted by Crippen LogP contribution is -2.37. The van der Waals surface area contributed by atoms with Crippen LogP contribution in [0.25, 0.3) is 0 Å². The summed E-state index contributed by atoms with van der Waals surface area (Å²) in [7, 11) is 4.59. The van der Waals surface area contributed by atoms with E-state index < -0.39 is 0 Å². The molecule has 0 saturated carbocycles. The lowest BCUT2D eigenvalue weighted by molar-refractivity contribution is 0.0410. The van der Waals surface area contributed by atoms with Crippen LogP contribution in [0.1, 0.15) is 10.4 Å². The van der Waals surface area contributed by atoms with Crippen molar-refractivity contribution in [3.63, 3.8) is 0 Å². The molecule has 3 rings (SSSR count). The molecule has 2 aromatic rings. The van der Waals surface area contributed by atoms with Crippen molar-refractivity contribution in [1.29, 1.82) is 0 Å². The second-order valence-corrected chi connectivity index (χ2v) is 7.67. The number of rotatable bonds is 9. The minimum atomic E-state index is -0.262. The average molecular weight is 434 g/mol. The molecule has 1 aliphatic heterocycles. The number of aromatic nitrogens is 1. The molecule has 0 bridgehead atoms. The Balaban J connectivity index is 1.58. The maximum atomic E-state index is 12.6. The standard InChI is InChI=1S/C21H27N3O5S/c1-26-17-12-16(13-18(27-2)20(17)28-3)23-21(25)15-4-5-19(22-14-15)30-11-8-24-6-9-29-10-7-24/h4-5,12-14H,6-11H2,1-3H3,(H,23,25). The number of pyridine rings is 1. The van der Waals surface area contributed by atoms with Gasteiger partial charge >= 0.3 is 0 Å². The highest BCUT2D eigenvalue weighted by Crippen LogP contribution is 2.40. The first-order valence-electron chi connectivity index (χ1n) is 9.65. The Labute approximate surface area is 180 Å². The quantitative estimate of drug-likeness (QED) is 0.605. The third-order valence-corrected chi connectivity index (χ3v) is 5.61. The van der Waals surface area contributed by atoms with Gasteiger partial charge in [0.25, 0.3) is 5.91 Å². The maximum Gasteiger partial charge on any atom is 0.257 e. The maximum absolute atomic E-state index is 12.6. The second kappa shape index (κ2) is 11.1. The molecule has 0 aliphatic carbocycles. The number of anilines is 1. The van der Waals surface area contributed by atoms with Crippen molar-refractivity contribution < 1.29 is 23.7 Å². The Hall–Kier alpha value is -2.49. The van der Waals surface area contributed by atoms with Gasteiger partial charge in [-0.15, -0.1) is 11.8 Å². The number of morpholine rings is 1. The third-order valence-electron chi connectivity index (χ3n) is 4.68. The van der Waals surface area contributed by atoms with Crippen molar-refractivity contribution in [3.05, 3.63) is 36.0 Å². The summed E-state index contributed by atoms with van der Waals surface area (Å²) in [5.74, 6) is 2.10. The van der Waals surface area contributed by atoms with E-state index in [0.29, 0.717) is 28.5 Å². The Bertz CT molecular complexity index is 816. The summed E-state index contributed by atoms with van der Waals surface area (Å²) in [5, 5.41) is 3.74. The smallest absolute Gasteiger partial charge is 0.257 e. The van der Waals surface area contributed by atoms with Crippen molar-refractivity contribution in [2.75, 3.05) is 65.2 Å². The number of benzene rings is 1. The molecule has 30 heavy (non-hydrogen) atoms. The summed E-state index contributed by atoms with van der Waals surface area (Å²) in [6.07, 6.45) is 1.59. The van der Waals surface area contributed by atoms with Crippen molar-refractivity contribution in [2.45, 2.75) is 5.03 Å². The van der Waals surface area contributed by atoms with Crippen molar-refractivity contribution in [2.24, 2.45) is 0 Å². The highest BCUT2D eigenvalue weighted by atomic mass is 32.2.